The summed E-state index contributed by atoms with van der Waals surface area (Å²) in [7, 11) is 2.01. The van der Waals surface area contributed by atoms with Crippen molar-refractivity contribution in [1.82, 2.24) is 5.32 Å². The molecule has 0 fully saturated rings. The highest BCUT2D eigenvalue weighted by Gasteiger charge is 2.10. The van der Waals surface area contributed by atoms with Crippen LogP contribution in [0.25, 0.3) is 0 Å². The first kappa shape index (κ1) is 16.2. The summed E-state index contributed by atoms with van der Waals surface area (Å²) >= 11 is 0. The quantitative estimate of drug-likeness (QED) is 0.685. The maximum absolute atomic E-state index is 5.74. The van der Waals surface area contributed by atoms with Crippen molar-refractivity contribution in [3.05, 3.63) is 35.4 Å². The Kier molecular flexibility index (Phi) is 7.76. The second-order valence-electron chi connectivity index (χ2n) is 5.75. The maximum atomic E-state index is 5.74. The van der Waals surface area contributed by atoms with Crippen LogP contribution in [0.3, 0.4) is 0 Å². The first-order valence-corrected chi connectivity index (χ1v) is 7.42. The molecule has 0 saturated heterocycles. The van der Waals surface area contributed by atoms with E-state index in [9.17, 15) is 0 Å². The van der Waals surface area contributed by atoms with Crippen molar-refractivity contribution >= 4 is 0 Å². The molecule has 1 aromatic rings. The molecule has 0 radical (unpaired) electrons. The Balaban J connectivity index is 2.38. The molecule has 1 rings (SSSR count). The third-order valence-electron chi connectivity index (χ3n) is 3.45. The number of ether oxygens (including phenoxy) is 1. The summed E-state index contributed by atoms with van der Waals surface area (Å²) in [4.78, 5) is 0. The average molecular weight is 263 g/mol. The van der Waals surface area contributed by atoms with Gasteiger partial charge in [-0.25, -0.2) is 0 Å². The van der Waals surface area contributed by atoms with Crippen molar-refractivity contribution in [1.29, 1.82) is 0 Å². The fourth-order valence-corrected chi connectivity index (χ4v) is 2.12. The Morgan fingerprint density at radius 3 is 2.26 bits per heavy atom. The number of nitrogens with one attached hydrogen (secondary N) is 1. The molecular weight excluding hydrogens is 234 g/mol. The number of rotatable bonds is 9. The van der Waals surface area contributed by atoms with Crippen molar-refractivity contribution in [2.45, 2.75) is 39.5 Å². The van der Waals surface area contributed by atoms with Gasteiger partial charge in [0.1, 0.15) is 0 Å². The minimum atomic E-state index is 0.546. The number of benzene rings is 1. The van der Waals surface area contributed by atoms with Crippen LogP contribution >= 0.6 is 0 Å². The molecule has 0 aliphatic heterocycles. The minimum absolute atomic E-state index is 0.546. The Morgan fingerprint density at radius 2 is 1.68 bits per heavy atom. The largest absolute Gasteiger partial charge is 0.381 e. The van der Waals surface area contributed by atoms with E-state index in [-0.39, 0.29) is 0 Å². The Bertz CT molecular complexity index is 332. The van der Waals surface area contributed by atoms with Gasteiger partial charge in [0.05, 0.1) is 0 Å². The van der Waals surface area contributed by atoms with Crippen LogP contribution in [0.15, 0.2) is 24.3 Å². The first-order chi connectivity index (χ1) is 9.13. The van der Waals surface area contributed by atoms with E-state index in [1.54, 1.807) is 0 Å². The zero-order valence-electron chi connectivity index (χ0n) is 12.9. The van der Waals surface area contributed by atoms with Crippen LogP contribution in [0.4, 0.5) is 0 Å². The predicted octanol–water partition coefficient (Wildman–Crippen LogP) is 3.75. The summed E-state index contributed by atoms with van der Waals surface area (Å²) in [5.41, 5.74) is 2.73. The molecule has 0 amide bonds. The molecular formula is C17H29NO. The van der Waals surface area contributed by atoms with Gasteiger partial charge in [0.2, 0.25) is 0 Å². The van der Waals surface area contributed by atoms with Gasteiger partial charge in [-0.05, 0) is 44.2 Å². The van der Waals surface area contributed by atoms with Crippen molar-refractivity contribution in [3.8, 4) is 0 Å². The van der Waals surface area contributed by atoms with Gasteiger partial charge >= 0.3 is 0 Å². The lowest BCUT2D eigenvalue weighted by Gasteiger charge is -2.17. The number of likely N-dealkylation sites (N-methyl/N-ethyl adjacent to an activating group) is 1. The third kappa shape index (κ3) is 6.74. The van der Waals surface area contributed by atoms with Gasteiger partial charge in [0.15, 0.2) is 0 Å². The molecule has 0 heterocycles. The van der Waals surface area contributed by atoms with Crippen LogP contribution in [-0.4, -0.2) is 26.8 Å². The topological polar surface area (TPSA) is 21.3 Å². The van der Waals surface area contributed by atoms with Gasteiger partial charge in [0.25, 0.3) is 0 Å². The normalized spacial score (nSPS) is 12.9. The van der Waals surface area contributed by atoms with E-state index in [0.29, 0.717) is 5.92 Å². The first-order valence-electron chi connectivity index (χ1n) is 7.42. The molecule has 0 aromatic heterocycles. The van der Waals surface area contributed by atoms with Crippen molar-refractivity contribution < 1.29 is 4.74 Å². The van der Waals surface area contributed by atoms with Crippen LogP contribution in [0.5, 0.6) is 0 Å². The maximum Gasteiger partial charge on any atom is 0.0472 e. The van der Waals surface area contributed by atoms with Gasteiger partial charge in [-0.15, -0.1) is 0 Å². The second-order valence-corrected chi connectivity index (χ2v) is 5.75. The van der Waals surface area contributed by atoms with Gasteiger partial charge < -0.3 is 10.1 Å². The molecule has 0 spiro atoms. The van der Waals surface area contributed by atoms with Crippen LogP contribution in [0.2, 0.25) is 0 Å². The van der Waals surface area contributed by atoms with Crippen LogP contribution in [-0.2, 0) is 4.74 Å². The molecule has 1 N–H and O–H groups in total. The molecule has 19 heavy (non-hydrogen) atoms. The number of hydrogen-bond acceptors (Lipinski definition) is 2. The molecule has 0 bridgehead atoms. The number of hydrogen-bond donors (Lipinski definition) is 1. The molecule has 0 aliphatic rings. The van der Waals surface area contributed by atoms with E-state index in [4.69, 9.17) is 4.74 Å². The smallest absolute Gasteiger partial charge is 0.0472 e. The molecule has 108 valence electrons. The van der Waals surface area contributed by atoms with E-state index in [0.717, 1.165) is 38.5 Å². The fourth-order valence-electron chi connectivity index (χ4n) is 2.12. The van der Waals surface area contributed by atoms with Gasteiger partial charge in [-0.1, -0.05) is 43.7 Å². The highest BCUT2D eigenvalue weighted by atomic mass is 16.5. The van der Waals surface area contributed by atoms with Gasteiger partial charge in [0, 0.05) is 19.8 Å². The Hall–Kier alpha value is -0.860. The summed E-state index contributed by atoms with van der Waals surface area (Å²) in [6, 6.07) is 8.87. The average Bonchev–Trinajstić information content (AvgIpc) is 2.38. The molecule has 1 aromatic carbocycles. The summed E-state index contributed by atoms with van der Waals surface area (Å²) in [6.45, 7) is 9.35. The highest BCUT2D eigenvalue weighted by Crippen LogP contribution is 2.19. The predicted molar refractivity (Wildman–Crippen MR) is 82.7 cm³/mol. The standard InChI is InChI=1S/C17H29NO/c1-14(2)9-11-19-12-10-17(13-18-4)16-7-5-15(3)6-8-16/h5-8,14,17-18H,9-13H2,1-4H3. The van der Waals surface area contributed by atoms with E-state index >= 15 is 0 Å². The Morgan fingerprint density at radius 1 is 1.05 bits per heavy atom. The van der Waals surface area contributed by atoms with E-state index < -0.39 is 0 Å². The summed E-state index contributed by atoms with van der Waals surface area (Å²) < 4.78 is 5.74. The van der Waals surface area contributed by atoms with E-state index in [2.05, 4.69) is 50.4 Å². The molecule has 2 heteroatoms. The summed E-state index contributed by atoms with van der Waals surface area (Å²) in [5, 5.41) is 3.28. The molecule has 2 nitrogen and oxygen atoms in total. The summed E-state index contributed by atoms with van der Waals surface area (Å²) in [5.74, 6) is 1.27. The Labute approximate surface area is 118 Å². The lowest BCUT2D eigenvalue weighted by Crippen LogP contribution is -2.19. The second kappa shape index (κ2) is 9.11. The molecule has 0 saturated carbocycles. The minimum Gasteiger partial charge on any atom is -0.381 e. The highest BCUT2D eigenvalue weighted by molar-refractivity contribution is 5.24. The van der Waals surface area contributed by atoms with Crippen LogP contribution in [0, 0.1) is 12.8 Å². The van der Waals surface area contributed by atoms with Crippen LogP contribution < -0.4 is 5.32 Å². The molecule has 1 unspecified atom stereocenters. The monoisotopic (exact) mass is 263 g/mol. The van der Waals surface area contributed by atoms with Gasteiger partial charge in [-0.2, -0.15) is 0 Å². The van der Waals surface area contributed by atoms with Crippen molar-refractivity contribution in [3.63, 3.8) is 0 Å². The van der Waals surface area contributed by atoms with Crippen molar-refractivity contribution in [2.75, 3.05) is 26.8 Å². The third-order valence-corrected chi connectivity index (χ3v) is 3.45. The SMILES string of the molecule is CNCC(CCOCCC(C)C)c1ccc(C)cc1. The zero-order valence-corrected chi connectivity index (χ0v) is 12.9. The lowest BCUT2D eigenvalue weighted by molar-refractivity contribution is 0.117. The fraction of sp³-hybridized carbons (Fsp3) is 0.647. The van der Waals surface area contributed by atoms with Crippen LogP contribution in [0.1, 0.15) is 43.7 Å². The van der Waals surface area contributed by atoms with E-state index in [1.807, 2.05) is 7.05 Å². The summed E-state index contributed by atoms with van der Waals surface area (Å²) in [6.07, 6.45) is 2.24. The van der Waals surface area contributed by atoms with E-state index in [1.165, 1.54) is 11.1 Å². The molecule has 1 atom stereocenters. The molecule has 0 aliphatic carbocycles. The van der Waals surface area contributed by atoms with Gasteiger partial charge in [-0.3, -0.25) is 0 Å². The van der Waals surface area contributed by atoms with Crippen molar-refractivity contribution in [2.24, 2.45) is 5.92 Å². The lowest BCUT2D eigenvalue weighted by atomic mass is 9.95. The number of aryl methyl sites for hydroxylation is 1. The zero-order chi connectivity index (χ0) is 14.1.